The molecule has 0 bridgehead atoms. The molecule has 0 aromatic heterocycles. The Bertz CT molecular complexity index is 349. The van der Waals surface area contributed by atoms with Gasteiger partial charge in [-0.25, -0.2) is 8.42 Å². The van der Waals surface area contributed by atoms with Gasteiger partial charge in [-0.2, -0.15) is 0 Å². The van der Waals surface area contributed by atoms with E-state index >= 15 is 0 Å². The Morgan fingerprint density at radius 2 is 2.07 bits per heavy atom. The fourth-order valence-electron chi connectivity index (χ4n) is 1.60. The Kier molecular flexibility index (Phi) is 3.61. The van der Waals surface area contributed by atoms with Crippen molar-refractivity contribution >= 4 is 9.84 Å². The number of rotatable bonds is 3. The highest BCUT2D eigenvalue weighted by Gasteiger charge is 2.28. The first-order valence-corrected chi connectivity index (χ1v) is 7.05. The van der Waals surface area contributed by atoms with Crippen LogP contribution in [0.15, 0.2) is 11.6 Å². The van der Waals surface area contributed by atoms with Gasteiger partial charge in [-0.05, 0) is 40.0 Å². The Hall–Kier alpha value is -0.350. The summed E-state index contributed by atoms with van der Waals surface area (Å²) in [5.74, 6) is 0.245. The maximum atomic E-state index is 11.8. The van der Waals surface area contributed by atoms with Gasteiger partial charge in [0.1, 0.15) is 0 Å². The predicted molar refractivity (Wildman–Crippen MR) is 63.4 cm³/mol. The van der Waals surface area contributed by atoms with Crippen molar-refractivity contribution in [3.05, 3.63) is 11.6 Å². The second-order valence-corrected chi connectivity index (χ2v) is 8.07. The van der Waals surface area contributed by atoms with Crippen LogP contribution in [0.4, 0.5) is 0 Å². The van der Waals surface area contributed by atoms with Crippen molar-refractivity contribution in [2.75, 3.05) is 5.75 Å². The largest absolute Gasteiger partial charge is 0.324 e. The van der Waals surface area contributed by atoms with E-state index in [-0.39, 0.29) is 11.8 Å². The minimum Gasteiger partial charge on any atom is -0.324 e. The highest BCUT2D eigenvalue weighted by molar-refractivity contribution is 7.92. The molecule has 1 aliphatic rings. The van der Waals surface area contributed by atoms with Crippen LogP contribution in [0.3, 0.4) is 0 Å². The van der Waals surface area contributed by atoms with Crippen LogP contribution < -0.4 is 5.73 Å². The molecule has 1 atom stereocenters. The summed E-state index contributed by atoms with van der Waals surface area (Å²) in [5.41, 5.74) is 6.93. The van der Waals surface area contributed by atoms with Crippen molar-refractivity contribution in [2.45, 2.75) is 50.8 Å². The van der Waals surface area contributed by atoms with Crippen molar-refractivity contribution in [1.29, 1.82) is 0 Å². The van der Waals surface area contributed by atoms with Crippen LogP contribution >= 0.6 is 0 Å². The minimum absolute atomic E-state index is 0.136. The first kappa shape index (κ1) is 12.7. The van der Waals surface area contributed by atoms with Gasteiger partial charge < -0.3 is 5.73 Å². The topological polar surface area (TPSA) is 60.2 Å². The lowest BCUT2D eigenvalue weighted by Crippen LogP contribution is -2.30. The van der Waals surface area contributed by atoms with E-state index in [2.05, 4.69) is 0 Å². The summed E-state index contributed by atoms with van der Waals surface area (Å²) >= 11 is 0. The van der Waals surface area contributed by atoms with Crippen LogP contribution in [-0.2, 0) is 9.84 Å². The quantitative estimate of drug-likeness (QED) is 0.751. The molecule has 1 aliphatic carbocycles. The highest BCUT2D eigenvalue weighted by atomic mass is 32.2. The van der Waals surface area contributed by atoms with Crippen molar-refractivity contribution in [3.63, 3.8) is 0 Å². The molecule has 4 heteroatoms. The second-order valence-electron chi connectivity index (χ2n) is 5.21. The lowest BCUT2D eigenvalue weighted by molar-refractivity contribution is 0.559. The summed E-state index contributed by atoms with van der Waals surface area (Å²) in [6.07, 6.45) is 4.58. The molecule has 0 amide bonds. The number of hydrogen-bond donors (Lipinski definition) is 1. The minimum atomic E-state index is -2.98. The van der Waals surface area contributed by atoms with Gasteiger partial charge in [-0.1, -0.05) is 11.6 Å². The van der Waals surface area contributed by atoms with Gasteiger partial charge in [0, 0.05) is 6.04 Å². The van der Waals surface area contributed by atoms with E-state index in [0.29, 0.717) is 6.42 Å². The third-order valence-electron chi connectivity index (χ3n) is 2.87. The fraction of sp³-hybridized carbons (Fsp3) is 0.818. The zero-order chi connectivity index (χ0) is 11.7. The molecule has 0 heterocycles. The van der Waals surface area contributed by atoms with E-state index in [9.17, 15) is 8.42 Å². The SMILES string of the molecule is CC(C)(C)S(=O)(=O)CCC1=CC(N)CC1. The van der Waals surface area contributed by atoms with E-state index in [1.54, 1.807) is 20.8 Å². The molecule has 88 valence electrons. The summed E-state index contributed by atoms with van der Waals surface area (Å²) in [7, 11) is -2.98. The van der Waals surface area contributed by atoms with Crippen LogP contribution in [0.2, 0.25) is 0 Å². The Morgan fingerprint density at radius 3 is 2.47 bits per heavy atom. The summed E-state index contributed by atoms with van der Waals surface area (Å²) in [6, 6.07) is 0.136. The Morgan fingerprint density at radius 1 is 1.47 bits per heavy atom. The summed E-state index contributed by atoms with van der Waals surface area (Å²) in [5, 5.41) is 0. The van der Waals surface area contributed by atoms with Crippen molar-refractivity contribution < 1.29 is 8.42 Å². The van der Waals surface area contributed by atoms with Crippen molar-refractivity contribution in [1.82, 2.24) is 0 Å². The molecule has 0 aliphatic heterocycles. The monoisotopic (exact) mass is 231 g/mol. The van der Waals surface area contributed by atoms with Gasteiger partial charge in [0.15, 0.2) is 9.84 Å². The molecular formula is C11H21NO2S. The second kappa shape index (κ2) is 4.26. The summed E-state index contributed by atoms with van der Waals surface area (Å²) in [4.78, 5) is 0. The highest BCUT2D eigenvalue weighted by Crippen LogP contribution is 2.23. The third kappa shape index (κ3) is 3.31. The Labute approximate surface area is 92.7 Å². The molecule has 0 aromatic carbocycles. The van der Waals surface area contributed by atoms with E-state index in [1.807, 2.05) is 6.08 Å². The van der Waals surface area contributed by atoms with Crippen molar-refractivity contribution in [3.8, 4) is 0 Å². The first-order chi connectivity index (χ1) is 6.72. The summed E-state index contributed by atoms with van der Waals surface area (Å²) in [6.45, 7) is 5.24. The molecule has 1 unspecified atom stereocenters. The number of nitrogens with two attached hydrogens (primary N) is 1. The average molecular weight is 231 g/mol. The van der Waals surface area contributed by atoms with Crippen LogP contribution in [0.1, 0.15) is 40.0 Å². The van der Waals surface area contributed by atoms with Crippen molar-refractivity contribution in [2.24, 2.45) is 5.73 Å². The van der Waals surface area contributed by atoms with E-state index in [1.165, 1.54) is 5.57 Å². The van der Waals surface area contributed by atoms with Crippen LogP contribution in [0.25, 0.3) is 0 Å². The third-order valence-corrected chi connectivity index (χ3v) is 5.48. The predicted octanol–water partition coefficient (Wildman–Crippen LogP) is 1.64. The van der Waals surface area contributed by atoms with Gasteiger partial charge in [-0.3, -0.25) is 0 Å². The normalized spacial score (nSPS) is 22.9. The smallest absolute Gasteiger partial charge is 0.155 e. The van der Waals surface area contributed by atoms with Gasteiger partial charge in [0.25, 0.3) is 0 Å². The molecule has 15 heavy (non-hydrogen) atoms. The number of hydrogen-bond acceptors (Lipinski definition) is 3. The zero-order valence-corrected chi connectivity index (χ0v) is 10.6. The van der Waals surface area contributed by atoms with Crippen LogP contribution in [0.5, 0.6) is 0 Å². The summed E-state index contributed by atoms with van der Waals surface area (Å²) < 4.78 is 23.0. The molecular weight excluding hydrogens is 210 g/mol. The standard InChI is InChI=1S/C11H21NO2S/c1-11(2,3)15(13,14)7-6-9-4-5-10(12)8-9/h8,10H,4-7,12H2,1-3H3. The van der Waals surface area contributed by atoms with Gasteiger partial charge in [-0.15, -0.1) is 0 Å². The van der Waals surface area contributed by atoms with Gasteiger partial charge in [0.2, 0.25) is 0 Å². The van der Waals surface area contributed by atoms with Crippen LogP contribution in [-0.4, -0.2) is 25.0 Å². The molecule has 3 nitrogen and oxygen atoms in total. The lowest BCUT2D eigenvalue weighted by atomic mass is 10.2. The van der Waals surface area contributed by atoms with E-state index < -0.39 is 14.6 Å². The molecule has 1 rings (SSSR count). The Balaban J connectivity index is 2.55. The molecule has 0 saturated carbocycles. The number of allylic oxidation sites excluding steroid dienone is 1. The van der Waals surface area contributed by atoms with E-state index in [0.717, 1.165) is 12.8 Å². The lowest BCUT2D eigenvalue weighted by Gasteiger charge is -2.19. The molecule has 0 saturated heterocycles. The van der Waals surface area contributed by atoms with Gasteiger partial charge >= 0.3 is 0 Å². The molecule has 2 N–H and O–H groups in total. The maximum Gasteiger partial charge on any atom is 0.155 e. The fourth-order valence-corrected chi connectivity index (χ4v) is 2.74. The molecule has 0 fully saturated rings. The number of sulfone groups is 1. The molecule has 0 aromatic rings. The average Bonchev–Trinajstić information content (AvgIpc) is 2.46. The van der Waals surface area contributed by atoms with Gasteiger partial charge in [0.05, 0.1) is 10.5 Å². The first-order valence-electron chi connectivity index (χ1n) is 5.40. The maximum absolute atomic E-state index is 11.8. The van der Waals surface area contributed by atoms with E-state index in [4.69, 9.17) is 5.73 Å². The van der Waals surface area contributed by atoms with Crippen LogP contribution in [0, 0.1) is 0 Å². The zero-order valence-electron chi connectivity index (χ0n) is 9.79. The molecule has 0 spiro atoms. The molecule has 0 radical (unpaired) electrons.